The van der Waals surface area contributed by atoms with Gasteiger partial charge in [0.1, 0.15) is 12.4 Å². The van der Waals surface area contributed by atoms with E-state index in [9.17, 15) is 9.59 Å². The first-order chi connectivity index (χ1) is 14.1. The topological polar surface area (TPSA) is 72.0 Å². The molecule has 148 valence electrons. The van der Waals surface area contributed by atoms with E-state index in [0.29, 0.717) is 29.9 Å². The lowest BCUT2D eigenvalue weighted by atomic mass is 9.73. The number of Topliss-reactive ketones (excluding diaryl/α,β-unsaturated/α-hetero) is 2. The third-order valence-corrected chi connectivity index (χ3v) is 5.86. The molecule has 0 bridgehead atoms. The number of fused-ring (bicyclic) bond motifs is 1. The average molecular weight is 388 g/mol. The van der Waals surface area contributed by atoms with E-state index in [2.05, 4.69) is 29.3 Å². The molecule has 0 saturated carbocycles. The van der Waals surface area contributed by atoms with Crippen LogP contribution in [-0.4, -0.2) is 28.4 Å². The Morgan fingerprint density at radius 1 is 1.14 bits per heavy atom. The van der Waals surface area contributed by atoms with Crippen molar-refractivity contribution in [2.45, 2.75) is 38.5 Å². The molecule has 1 atom stereocenters. The van der Waals surface area contributed by atoms with Gasteiger partial charge in [-0.2, -0.15) is 5.10 Å². The summed E-state index contributed by atoms with van der Waals surface area (Å²) in [4.78, 5) is 25.7. The summed E-state index contributed by atoms with van der Waals surface area (Å²) in [5.41, 5.74) is 3.56. The molecule has 2 aromatic carbocycles. The van der Waals surface area contributed by atoms with Crippen molar-refractivity contribution in [2.75, 3.05) is 6.61 Å². The van der Waals surface area contributed by atoms with Crippen molar-refractivity contribution in [1.82, 2.24) is 10.2 Å². The molecule has 0 saturated heterocycles. The number of ketones is 2. The normalized spacial score (nSPS) is 17.6. The number of H-pyrrole nitrogens is 1. The number of ether oxygens (including phenoxy) is 1. The Morgan fingerprint density at radius 2 is 1.93 bits per heavy atom. The summed E-state index contributed by atoms with van der Waals surface area (Å²) in [5.74, 6) is 0.575. The smallest absolute Gasteiger partial charge is 0.167 e. The van der Waals surface area contributed by atoms with Gasteiger partial charge in [0.05, 0.1) is 17.2 Å². The van der Waals surface area contributed by atoms with Crippen LogP contribution >= 0.6 is 0 Å². The summed E-state index contributed by atoms with van der Waals surface area (Å²) in [6.07, 6.45) is 4.77. The number of nitrogens with zero attached hydrogens (tertiary/aromatic N) is 1. The third-order valence-electron chi connectivity index (χ3n) is 5.86. The highest BCUT2D eigenvalue weighted by molar-refractivity contribution is 6.04. The molecule has 1 aliphatic heterocycles. The van der Waals surface area contributed by atoms with Crippen molar-refractivity contribution in [2.24, 2.45) is 0 Å². The van der Waals surface area contributed by atoms with Gasteiger partial charge in [-0.1, -0.05) is 44.2 Å². The quantitative estimate of drug-likeness (QED) is 0.604. The highest BCUT2D eigenvalue weighted by Gasteiger charge is 2.43. The molecule has 0 aliphatic carbocycles. The number of hydrogen-bond acceptors (Lipinski definition) is 4. The van der Waals surface area contributed by atoms with Crippen LogP contribution in [0.4, 0.5) is 0 Å². The van der Waals surface area contributed by atoms with Gasteiger partial charge in [-0.15, -0.1) is 0 Å². The largest absolute Gasteiger partial charge is 0.491 e. The Hall–Kier alpha value is -3.21. The molecule has 1 aromatic heterocycles. The molecular formula is C24H24N2O3. The predicted molar refractivity (Wildman–Crippen MR) is 111 cm³/mol. The molecule has 0 amide bonds. The fraction of sp³-hybridized carbons (Fsp3) is 0.292. The van der Waals surface area contributed by atoms with Crippen LogP contribution in [0, 0.1) is 0 Å². The van der Waals surface area contributed by atoms with Crippen LogP contribution in [0.5, 0.6) is 5.75 Å². The van der Waals surface area contributed by atoms with E-state index < -0.39 is 0 Å². The van der Waals surface area contributed by atoms with Crippen LogP contribution < -0.4 is 4.74 Å². The van der Waals surface area contributed by atoms with Crippen molar-refractivity contribution < 1.29 is 14.3 Å². The van der Waals surface area contributed by atoms with Crippen LogP contribution in [0.1, 0.15) is 64.1 Å². The summed E-state index contributed by atoms with van der Waals surface area (Å²) in [5, 5.41) is 6.64. The van der Waals surface area contributed by atoms with Gasteiger partial charge in [0, 0.05) is 30.2 Å². The van der Waals surface area contributed by atoms with Gasteiger partial charge in [-0.25, -0.2) is 0 Å². The van der Waals surface area contributed by atoms with Gasteiger partial charge >= 0.3 is 0 Å². The number of carbonyl (C=O) groups excluding carboxylic acids is 2. The lowest BCUT2D eigenvalue weighted by Gasteiger charge is -2.27. The Bertz CT molecular complexity index is 1040. The zero-order valence-electron chi connectivity index (χ0n) is 16.7. The van der Waals surface area contributed by atoms with Crippen LogP contribution in [-0.2, 0) is 11.8 Å². The fourth-order valence-corrected chi connectivity index (χ4v) is 4.13. The minimum absolute atomic E-state index is 0.0147. The molecule has 5 heteroatoms. The fourth-order valence-electron chi connectivity index (χ4n) is 4.13. The van der Waals surface area contributed by atoms with Gasteiger partial charge in [-0.3, -0.25) is 14.7 Å². The zero-order chi connectivity index (χ0) is 20.4. The number of carbonyl (C=O) groups is 2. The second-order valence-electron chi connectivity index (χ2n) is 7.47. The number of benzene rings is 2. The van der Waals surface area contributed by atoms with Crippen LogP contribution in [0.25, 0.3) is 0 Å². The predicted octanol–water partition coefficient (Wildman–Crippen LogP) is 4.52. The first kappa shape index (κ1) is 19.1. The van der Waals surface area contributed by atoms with E-state index in [1.165, 1.54) is 0 Å². The van der Waals surface area contributed by atoms with E-state index in [0.717, 1.165) is 23.1 Å². The van der Waals surface area contributed by atoms with Crippen molar-refractivity contribution >= 4 is 11.6 Å². The monoisotopic (exact) mass is 388 g/mol. The summed E-state index contributed by atoms with van der Waals surface area (Å²) in [7, 11) is 0. The molecule has 29 heavy (non-hydrogen) atoms. The maximum absolute atomic E-state index is 13.0. The van der Waals surface area contributed by atoms with E-state index in [-0.39, 0.29) is 23.4 Å². The van der Waals surface area contributed by atoms with Crippen molar-refractivity contribution in [3.05, 3.63) is 82.7 Å². The Labute approximate surface area is 170 Å². The molecule has 1 unspecified atom stereocenters. The highest BCUT2D eigenvalue weighted by atomic mass is 16.5. The Morgan fingerprint density at radius 3 is 2.59 bits per heavy atom. The first-order valence-corrected chi connectivity index (χ1v) is 10.00. The lowest BCUT2D eigenvalue weighted by Crippen LogP contribution is -2.28. The number of aromatic nitrogens is 2. The standard InChI is InChI=1S/C24H24N2O3/c1-3-21(27)19-11-17(22(28)10-16-13-25-26-14-16)12-20-23(19)29-15-24(20,4-2)18-8-6-5-7-9-18/h5-9,11-14H,3-4,10,15H2,1-2H3,(H,25,26). The minimum atomic E-state index is -0.370. The average Bonchev–Trinajstić information content (AvgIpc) is 3.41. The lowest BCUT2D eigenvalue weighted by molar-refractivity contribution is 0.0984. The van der Waals surface area contributed by atoms with E-state index in [1.54, 1.807) is 18.5 Å². The molecule has 0 fully saturated rings. The maximum atomic E-state index is 13.0. The molecule has 3 aromatic rings. The second-order valence-corrected chi connectivity index (χ2v) is 7.47. The highest BCUT2D eigenvalue weighted by Crippen LogP contribution is 2.48. The van der Waals surface area contributed by atoms with Crippen molar-refractivity contribution in [3.63, 3.8) is 0 Å². The Kier molecular flexibility index (Phi) is 5.05. The van der Waals surface area contributed by atoms with Crippen molar-refractivity contribution in [1.29, 1.82) is 0 Å². The number of hydrogen-bond donors (Lipinski definition) is 1. The van der Waals surface area contributed by atoms with Crippen LogP contribution in [0.3, 0.4) is 0 Å². The van der Waals surface area contributed by atoms with Crippen LogP contribution in [0.15, 0.2) is 54.9 Å². The molecule has 4 rings (SSSR count). The van der Waals surface area contributed by atoms with E-state index >= 15 is 0 Å². The van der Waals surface area contributed by atoms with Gasteiger partial charge < -0.3 is 4.74 Å². The number of rotatable bonds is 7. The summed E-state index contributed by atoms with van der Waals surface area (Å²) in [6, 6.07) is 13.8. The van der Waals surface area contributed by atoms with E-state index in [4.69, 9.17) is 4.74 Å². The third kappa shape index (κ3) is 3.27. The van der Waals surface area contributed by atoms with Gasteiger partial charge in [-0.05, 0) is 29.7 Å². The summed E-state index contributed by atoms with van der Waals surface area (Å²) >= 11 is 0. The second kappa shape index (κ2) is 7.66. The first-order valence-electron chi connectivity index (χ1n) is 10.00. The molecule has 1 aliphatic rings. The molecular weight excluding hydrogens is 364 g/mol. The van der Waals surface area contributed by atoms with Crippen molar-refractivity contribution in [3.8, 4) is 5.75 Å². The number of nitrogens with one attached hydrogen (secondary N) is 1. The molecule has 0 spiro atoms. The van der Waals surface area contributed by atoms with Gasteiger partial charge in [0.15, 0.2) is 11.6 Å². The molecule has 5 nitrogen and oxygen atoms in total. The van der Waals surface area contributed by atoms with Gasteiger partial charge in [0.25, 0.3) is 0 Å². The summed E-state index contributed by atoms with van der Waals surface area (Å²) in [6.45, 7) is 4.41. The summed E-state index contributed by atoms with van der Waals surface area (Å²) < 4.78 is 6.11. The molecule has 2 heterocycles. The van der Waals surface area contributed by atoms with E-state index in [1.807, 2.05) is 31.2 Å². The number of aromatic amines is 1. The Balaban J connectivity index is 1.86. The van der Waals surface area contributed by atoms with Crippen LogP contribution in [0.2, 0.25) is 0 Å². The maximum Gasteiger partial charge on any atom is 0.167 e. The van der Waals surface area contributed by atoms with Gasteiger partial charge in [0.2, 0.25) is 0 Å². The minimum Gasteiger partial charge on any atom is -0.491 e. The molecule has 1 N–H and O–H groups in total. The SMILES string of the molecule is CCC(=O)c1cc(C(=O)Cc2cn[nH]c2)cc2c1OCC2(CC)c1ccccc1. The molecule has 0 radical (unpaired) electrons. The zero-order valence-corrected chi connectivity index (χ0v) is 16.7.